The Kier molecular flexibility index (Phi) is 3.29. The number of carbonyl (C=O) groups is 1. The zero-order valence-electron chi connectivity index (χ0n) is 14.6. The van der Waals surface area contributed by atoms with Gasteiger partial charge in [-0.15, -0.1) is 0 Å². The van der Waals surface area contributed by atoms with E-state index < -0.39 is 0 Å². The van der Waals surface area contributed by atoms with E-state index in [1.807, 2.05) is 54.3 Å². The first kappa shape index (κ1) is 15.4. The number of hydrogen-bond donors (Lipinski definition) is 0. The Morgan fingerprint density at radius 1 is 1.15 bits per heavy atom. The molecule has 0 radical (unpaired) electrons. The summed E-state index contributed by atoms with van der Waals surface area (Å²) in [5.74, 6) is 0.904. The molecule has 0 bridgehead atoms. The van der Waals surface area contributed by atoms with E-state index in [1.165, 1.54) is 0 Å². The number of carbonyl (C=O) groups excluding carboxylic acids is 1. The molecule has 1 aliphatic carbocycles. The summed E-state index contributed by atoms with van der Waals surface area (Å²) in [5.41, 5.74) is 3.98. The highest BCUT2D eigenvalue weighted by atomic mass is 16.3. The van der Waals surface area contributed by atoms with Crippen LogP contribution in [0.15, 0.2) is 51.7 Å². The van der Waals surface area contributed by atoms with Crippen molar-refractivity contribution in [3.63, 3.8) is 0 Å². The monoisotopic (exact) mass is 345 g/mol. The Balaban J connectivity index is 1.77. The molecule has 5 rings (SSSR count). The number of nitrogens with zero attached hydrogens (tertiary/aromatic N) is 1. The van der Waals surface area contributed by atoms with Gasteiger partial charge >= 0.3 is 0 Å². The number of para-hydroxylation sites is 1. The molecule has 4 heteroatoms. The molecule has 0 unspecified atom stereocenters. The minimum Gasteiger partial charge on any atom is -0.455 e. The summed E-state index contributed by atoms with van der Waals surface area (Å²) < 4.78 is 6.19. The van der Waals surface area contributed by atoms with Gasteiger partial charge in [0.1, 0.15) is 11.3 Å². The molecule has 1 amide bonds. The summed E-state index contributed by atoms with van der Waals surface area (Å²) >= 11 is 0. The van der Waals surface area contributed by atoms with Crippen molar-refractivity contribution in [2.75, 3.05) is 11.4 Å². The van der Waals surface area contributed by atoms with Gasteiger partial charge in [-0.05, 0) is 50.5 Å². The van der Waals surface area contributed by atoms with Crippen molar-refractivity contribution < 1.29 is 9.21 Å². The molecule has 3 aromatic rings. The van der Waals surface area contributed by atoms with Crippen LogP contribution in [0.1, 0.15) is 24.0 Å². The highest BCUT2D eigenvalue weighted by molar-refractivity contribution is 6.00. The van der Waals surface area contributed by atoms with Crippen molar-refractivity contribution in [3.05, 3.63) is 63.8 Å². The summed E-state index contributed by atoms with van der Waals surface area (Å²) in [7, 11) is 0. The molecular weight excluding hydrogens is 326 g/mol. The molecule has 0 atom stereocenters. The van der Waals surface area contributed by atoms with Crippen molar-refractivity contribution in [1.82, 2.24) is 0 Å². The predicted molar refractivity (Wildman–Crippen MR) is 101 cm³/mol. The van der Waals surface area contributed by atoms with Crippen LogP contribution in [0.5, 0.6) is 0 Å². The van der Waals surface area contributed by atoms with Gasteiger partial charge in [0.05, 0.1) is 11.1 Å². The van der Waals surface area contributed by atoms with Crippen LogP contribution < -0.4 is 10.3 Å². The number of amides is 1. The van der Waals surface area contributed by atoms with Gasteiger partial charge in [0.15, 0.2) is 5.43 Å². The minimum absolute atomic E-state index is 0.0143. The average molecular weight is 345 g/mol. The molecule has 26 heavy (non-hydrogen) atoms. The second-order valence-electron chi connectivity index (χ2n) is 7.27. The fourth-order valence-electron chi connectivity index (χ4n) is 3.82. The van der Waals surface area contributed by atoms with Crippen molar-refractivity contribution in [2.24, 2.45) is 5.92 Å². The van der Waals surface area contributed by atoms with E-state index in [1.54, 1.807) is 0 Å². The van der Waals surface area contributed by atoms with E-state index in [0.29, 0.717) is 35.3 Å². The van der Waals surface area contributed by atoms with Crippen molar-refractivity contribution in [2.45, 2.75) is 26.2 Å². The van der Waals surface area contributed by atoms with Crippen LogP contribution in [0, 0.1) is 12.8 Å². The zero-order chi connectivity index (χ0) is 17.8. The fraction of sp³-hybridized carbons (Fsp3) is 0.273. The highest BCUT2D eigenvalue weighted by Crippen LogP contribution is 2.40. The molecule has 4 nitrogen and oxygen atoms in total. The number of anilines is 1. The lowest BCUT2D eigenvalue weighted by atomic mass is 10.0. The number of aryl methyl sites for hydroxylation is 1. The van der Waals surface area contributed by atoms with Crippen LogP contribution in [0.3, 0.4) is 0 Å². The third-order valence-electron chi connectivity index (χ3n) is 5.36. The topological polar surface area (TPSA) is 50.5 Å². The van der Waals surface area contributed by atoms with Crippen LogP contribution in [-0.2, 0) is 11.2 Å². The smallest absolute Gasteiger partial charge is 0.230 e. The van der Waals surface area contributed by atoms with Gasteiger partial charge in [0.2, 0.25) is 5.91 Å². The van der Waals surface area contributed by atoms with Crippen LogP contribution >= 0.6 is 0 Å². The predicted octanol–water partition coefficient (Wildman–Crippen LogP) is 4.07. The molecule has 1 aliphatic heterocycles. The van der Waals surface area contributed by atoms with E-state index >= 15 is 0 Å². The molecule has 0 saturated heterocycles. The Labute approximate surface area is 151 Å². The fourth-order valence-corrected chi connectivity index (χ4v) is 3.82. The van der Waals surface area contributed by atoms with Crippen LogP contribution in [0.4, 0.5) is 5.69 Å². The van der Waals surface area contributed by atoms with Gasteiger partial charge in [-0.1, -0.05) is 23.8 Å². The van der Waals surface area contributed by atoms with Gasteiger partial charge in [-0.3, -0.25) is 9.59 Å². The Bertz CT molecular complexity index is 1110. The summed E-state index contributed by atoms with van der Waals surface area (Å²) in [5, 5.41) is 0.614. The first-order chi connectivity index (χ1) is 12.6. The maximum Gasteiger partial charge on any atom is 0.230 e. The maximum atomic E-state index is 13.1. The van der Waals surface area contributed by atoms with E-state index in [4.69, 9.17) is 4.42 Å². The lowest BCUT2D eigenvalue weighted by molar-refractivity contribution is -0.119. The number of hydrogen-bond acceptors (Lipinski definition) is 3. The van der Waals surface area contributed by atoms with E-state index in [-0.39, 0.29) is 17.3 Å². The summed E-state index contributed by atoms with van der Waals surface area (Å²) in [6.07, 6.45) is 2.43. The molecule has 0 N–H and O–H groups in total. The standard InChI is InChI=1S/C22H19NO3/c1-13-6-9-19-17(12-13)20(24)16-10-11-23(22(25)14-7-8-14)18-5-3-2-4-15(18)21(16)26-19/h2-6,9,12,14H,7-8,10-11H2,1H3. The molecule has 2 heterocycles. The third kappa shape index (κ3) is 2.29. The Morgan fingerprint density at radius 2 is 1.96 bits per heavy atom. The van der Waals surface area contributed by atoms with E-state index in [0.717, 1.165) is 29.7 Å². The summed E-state index contributed by atoms with van der Waals surface area (Å²) in [6.45, 7) is 2.48. The Morgan fingerprint density at radius 3 is 2.77 bits per heavy atom. The van der Waals surface area contributed by atoms with Gasteiger partial charge in [-0.2, -0.15) is 0 Å². The number of rotatable bonds is 1. The quantitative estimate of drug-likeness (QED) is 0.668. The first-order valence-electron chi connectivity index (χ1n) is 9.10. The van der Waals surface area contributed by atoms with Gasteiger partial charge in [0, 0.05) is 23.6 Å². The Hall–Kier alpha value is -2.88. The number of fused-ring (bicyclic) bond motifs is 4. The van der Waals surface area contributed by atoms with Gasteiger partial charge in [0.25, 0.3) is 0 Å². The number of benzene rings is 2. The molecule has 1 fully saturated rings. The molecule has 1 aromatic heterocycles. The molecule has 130 valence electrons. The maximum absolute atomic E-state index is 13.1. The van der Waals surface area contributed by atoms with Crippen LogP contribution in [0.2, 0.25) is 0 Å². The molecule has 2 aromatic carbocycles. The second-order valence-corrected chi connectivity index (χ2v) is 7.27. The minimum atomic E-state index is 0.0143. The normalized spacial score (nSPS) is 16.1. The van der Waals surface area contributed by atoms with E-state index in [9.17, 15) is 9.59 Å². The van der Waals surface area contributed by atoms with E-state index in [2.05, 4.69) is 0 Å². The van der Waals surface area contributed by atoms with Crippen molar-refractivity contribution >= 4 is 22.6 Å². The molecule has 0 spiro atoms. The summed E-state index contributed by atoms with van der Waals surface area (Å²) in [6, 6.07) is 13.4. The van der Waals surface area contributed by atoms with Crippen molar-refractivity contribution in [1.29, 1.82) is 0 Å². The van der Waals surface area contributed by atoms with Gasteiger partial charge < -0.3 is 9.32 Å². The largest absolute Gasteiger partial charge is 0.455 e. The highest BCUT2D eigenvalue weighted by Gasteiger charge is 2.36. The van der Waals surface area contributed by atoms with Crippen LogP contribution in [0.25, 0.3) is 22.3 Å². The molecular formula is C22H19NO3. The molecule has 1 saturated carbocycles. The lowest BCUT2D eigenvalue weighted by Gasteiger charge is -2.22. The lowest BCUT2D eigenvalue weighted by Crippen LogP contribution is -2.34. The third-order valence-corrected chi connectivity index (χ3v) is 5.36. The first-order valence-corrected chi connectivity index (χ1v) is 9.10. The molecule has 2 aliphatic rings. The SMILES string of the molecule is Cc1ccc2oc3c(c(=O)c2c1)CCN(C(=O)C1CC1)c1ccccc1-3. The van der Waals surface area contributed by atoms with Crippen LogP contribution in [-0.4, -0.2) is 12.5 Å². The van der Waals surface area contributed by atoms with Gasteiger partial charge in [-0.25, -0.2) is 0 Å². The zero-order valence-corrected chi connectivity index (χ0v) is 14.6. The van der Waals surface area contributed by atoms with Crippen molar-refractivity contribution in [3.8, 4) is 11.3 Å². The second kappa shape index (κ2) is 5.56. The average Bonchev–Trinajstić information content (AvgIpc) is 3.49. The summed E-state index contributed by atoms with van der Waals surface area (Å²) in [4.78, 5) is 27.8.